The molecule has 1 amide bonds. The molecule has 1 atom stereocenters. The molecule has 2 aliphatic rings. The van der Waals surface area contributed by atoms with Crippen molar-refractivity contribution >= 4 is 11.6 Å². The third-order valence-electron chi connectivity index (χ3n) is 3.98. The number of hydrogen-bond donors (Lipinski definition) is 1. The fourth-order valence-corrected chi connectivity index (χ4v) is 3.14. The fraction of sp³-hybridized carbons (Fsp3) is 0.188. The van der Waals surface area contributed by atoms with Crippen LogP contribution in [-0.2, 0) is 0 Å². The number of benzene rings is 2. The number of carbonyl (C=O) groups is 1. The minimum atomic E-state index is 0.0647. The van der Waals surface area contributed by atoms with Gasteiger partial charge < -0.3 is 10.2 Å². The molecule has 94 valence electrons. The quantitative estimate of drug-likeness (QED) is 0.779. The van der Waals surface area contributed by atoms with Crippen LogP contribution in [0.5, 0.6) is 0 Å². The first-order valence-corrected chi connectivity index (χ1v) is 6.59. The van der Waals surface area contributed by atoms with E-state index < -0.39 is 0 Å². The fourth-order valence-electron chi connectivity index (χ4n) is 3.14. The summed E-state index contributed by atoms with van der Waals surface area (Å²) in [7, 11) is 0. The van der Waals surface area contributed by atoms with Crippen LogP contribution in [0.3, 0.4) is 0 Å². The Labute approximate surface area is 111 Å². The largest absolute Gasteiger partial charge is 0.383 e. The number of amides is 1. The number of carbonyl (C=O) groups excluding carboxylic acids is 1. The highest BCUT2D eigenvalue weighted by Crippen LogP contribution is 2.41. The maximum Gasteiger partial charge on any atom is 0.255 e. The van der Waals surface area contributed by atoms with Crippen LogP contribution in [0.1, 0.15) is 27.5 Å². The summed E-state index contributed by atoms with van der Waals surface area (Å²) in [5, 5.41) is 3.41. The molecule has 0 fully saturated rings. The van der Waals surface area contributed by atoms with Gasteiger partial charge in [0.25, 0.3) is 5.91 Å². The van der Waals surface area contributed by atoms with Crippen molar-refractivity contribution in [2.45, 2.75) is 6.04 Å². The van der Waals surface area contributed by atoms with Crippen molar-refractivity contribution < 1.29 is 4.79 Å². The van der Waals surface area contributed by atoms with Crippen LogP contribution < -0.4 is 5.32 Å². The van der Waals surface area contributed by atoms with Crippen LogP contribution in [0.2, 0.25) is 0 Å². The third kappa shape index (κ3) is 1.41. The first kappa shape index (κ1) is 10.6. The lowest BCUT2D eigenvalue weighted by atomic mass is 9.97. The van der Waals surface area contributed by atoms with E-state index in [2.05, 4.69) is 23.5 Å². The summed E-state index contributed by atoms with van der Waals surface area (Å²) in [6, 6.07) is 16.3. The van der Waals surface area contributed by atoms with E-state index in [1.54, 1.807) is 0 Å². The molecule has 2 aliphatic heterocycles. The van der Waals surface area contributed by atoms with Crippen LogP contribution in [0.4, 0.5) is 5.69 Å². The van der Waals surface area contributed by atoms with E-state index in [1.165, 1.54) is 5.56 Å². The van der Waals surface area contributed by atoms with Gasteiger partial charge in [-0.05, 0) is 17.7 Å². The van der Waals surface area contributed by atoms with Crippen molar-refractivity contribution in [3.05, 3.63) is 65.2 Å². The van der Waals surface area contributed by atoms with Crippen LogP contribution in [-0.4, -0.2) is 23.9 Å². The third-order valence-corrected chi connectivity index (χ3v) is 3.98. The first-order chi connectivity index (χ1) is 9.36. The Morgan fingerprint density at radius 1 is 1.00 bits per heavy atom. The Hall–Kier alpha value is -2.29. The van der Waals surface area contributed by atoms with Crippen molar-refractivity contribution in [2.24, 2.45) is 0 Å². The number of hydrogen-bond acceptors (Lipinski definition) is 2. The zero-order chi connectivity index (χ0) is 12.8. The molecule has 1 N–H and O–H groups in total. The number of nitrogens with zero attached hydrogens (tertiary/aromatic N) is 1. The molecule has 19 heavy (non-hydrogen) atoms. The number of fused-ring (bicyclic) bond motifs is 5. The second kappa shape index (κ2) is 3.85. The monoisotopic (exact) mass is 250 g/mol. The predicted octanol–water partition coefficient (Wildman–Crippen LogP) is 2.66. The average Bonchev–Trinajstić information content (AvgIpc) is 2.62. The summed E-state index contributed by atoms with van der Waals surface area (Å²) >= 11 is 0. The number of anilines is 1. The maximum absolute atomic E-state index is 12.5. The highest BCUT2D eigenvalue weighted by Gasteiger charge is 2.39. The summed E-state index contributed by atoms with van der Waals surface area (Å²) < 4.78 is 0. The lowest BCUT2D eigenvalue weighted by molar-refractivity contribution is 0.0760. The minimum absolute atomic E-state index is 0.0647. The molecule has 2 aromatic carbocycles. The van der Waals surface area contributed by atoms with Gasteiger partial charge in [0.1, 0.15) is 0 Å². The predicted molar refractivity (Wildman–Crippen MR) is 74.3 cm³/mol. The standard InChI is InChI=1S/C16H14N2O/c19-16-12-6-2-1-5-11(12)15-13-7-3-4-8-14(13)17-9-10-18(15)16/h1-8,15,17H,9-10H2. The van der Waals surface area contributed by atoms with Gasteiger partial charge in [-0.15, -0.1) is 0 Å². The molecule has 2 heterocycles. The summed E-state index contributed by atoms with van der Waals surface area (Å²) in [6.07, 6.45) is 0. The molecule has 0 bridgehead atoms. The molecular formula is C16H14N2O. The lowest BCUT2D eigenvalue weighted by Gasteiger charge is -2.23. The van der Waals surface area contributed by atoms with Crippen LogP contribution in [0.15, 0.2) is 48.5 Å². The van der Waals surface area contributed by atoms with Gasteiger partial charge in [-0.25, -0.2) is 0 Å². The van der Waals surface area contributed by atoms with Gasteiger partial charge in [-0.3, -0.25) is 4.79 Å². The highest BCUT2D eigenvalue weighted by molar-refractivity contribution is 6.00. The summed E-state index contributed by atoms with van der Waals surface area (Å²) in [5.41, 5.74) is 4.31. The van der Waals surface area contributed by atoms with E-state index >= 15 is 0 Å². The average molecular weight is 250 g/mol. The molecule has 0 saturated carbocycles. The second-order valence-corrected chi connectivity index (χ2v) is 5.00. The topological polar surface area (TPSA) is 32.3 Å². The van der Waals surface area contributed by atoms with E-state index in [1.807, 2.05) is 35.2 Å². The summed E-state index contributed by atoms with van der Waals surface area (Å²) in [4.78, 5) is 14.5. The molecule has 3 heteroatoms. The first-order valence-electron chi connectivity index (χ1n) is 6.59. The van der Waals surface area contributed by atoms with Crippen molar-refractivity contribution in [2.75, 3.05) is 18.4 Å². The second-order valence-electron chi connectivity index (χ2n) is 5.00. The van der Waals surface area contributed by atoms with E-state index in [-0.39, 0.29) is 11.9 Å². The van der Waals surface area contributed by atoms with Crippen LogP contribution >= 0.6 is 0 Å². The van der Waals surface area contributed by atoms with Crippen LogP contribution in [0.25, 0.3) is 0 Å². The lowest BCUT2D eigenvalue weighted by Crippen LogP contribution is -2.30. The molecule has 1 unspecified atom stereocenters. The summed E-state index contributed by atoms with van der Waals surface area (Å²) in [6.45, 7) is 1.54. The smallest absolute Gasteiger partial charge is 0.255 e. The van der Waals surface area contributed by atoms with Crippen molar-refractivity contribution in [3.8, 4) is 0 Å². The molecule has 0 spiro atoms. The maximum atomic E-state index is 12.5. The van der Waals surface area contributed by atoms with Crippen LogP contribution in [0, 0.1) is 0 Å². The Kier molecular flexibility index (Phi) is 2.15. The molecular weight excluding hydrogens is 236 g/mol. The van der Waals surface area contributed by atoms with Crippen molar-refractivity contribution in [1.29, 1.82) is 0 Å². The Morgan fingerprint density at radius 2 is 1.74 bits per heavy atom. The Morgan fingerprint density at radius 3 is 2.63 bits per heavy atom. The SMILES string of the molecule is O=C1c2ccccc2C2c3ccccc3NCCN12. The normalized spacial score (nSPS) is 20.1. The molecule has 2 aromatic rings. The Bertz CT molecular complexity index is 665. The molecule has 0 radical (unpaired) electrons. The molecule has 0 saturated heterocycles. The van der Waals surface area contributed by atoms with Gasteiger partial charge in [0.2, 0.25) is 0 Å². The molecule has 0 aromatic heterocycles. The molecule has 0 aliphatic carbocycles. The van der Waals surface area contributed by atoms with Gasteiger partial charge >= 0.3 is 0 Å². The highest BCUT2D eigenvalue weighted by atomic mass is 16.2. The molecule has 4 rings (SSSR count). The molecule has 3 nitrogen and oxygen atoms in total. The minimum Gasteiger partial charge on any atom is -0.383 e. The van der Waals surface area contributed by atoms with Crippen molar-refractivity contribution in [1.82, 2.24) is 4.90 Å². The number of nitrogens with one attached hydrogen (secondary N) is 1. The van der Waals surface area contributed by atoms with E-state index in [9.17, 15) is 4.79 Å². The van der Waals surface area contributed by atoms with Gasteiger partial charge in [0.05, 0.1) is 6.04 Å². The van der Waals surface area contributed by atoms with Gasteiger partial charge in [0.15, 0.2) is 0 Å². The Balaban J connectivity index is 1.97. The van der Waals surface area contributed by atoms with Crippen molar-refractivity contribution in [3.63, 3.8) is 0 Å². The van der Waals surface area contributed by atoms with Gasteiger partial charge in [-0.1, -0.05) is 36.4 Å². The van der Waals surface area contributed by atoms with E-state index in [0.717, 1.165) is 29.9 Å². The zero-order valence-corrected chi connectivity index (χ0v) is 10.5. The van der Waals surface area contributed by atoms with Gasteiger partial charge in [-0.2, -0.15) is 0 Å². The van der Waals surface area contributed by atoms with Gasteiger partial charge in [0, 0.05) is 29.9 Å². The number of rotatable bonds is 0. The van der Waals surface area contributed by atoms with E-state index in [0.29, 0.717) is 0 Å². The summed E-state index contributed by atoms with van der Waals surface area (Å²) in [5.74, 6) is 0.152. The van der Waals surface area contributed by atoms with E-state index in [4.69, 9.17) is 0 Å². The zero-order valence-electron chi connectivity index (χ0n) is 10.5. The number of para-hydroxylation sites is 1.